The van der Waals surface area contributed by atoms with E-state index in [4.69, 9.17) is 4.42 Å². The lowest BCUT2D eigenvalue weighted by Gasteiger charge is -2.28. The second-order valence-electron chi connectivity index (χ2n) is 10.2. The molecule has 0 spiro atoms. The zero-order valence-corrected chi connectivity index (χ0v) is 21.8. The normalized spacial score (nSPS) is 11.5. The van der Waals surface area contributed by atoms with Crippen molar-refractivity contribution in [2.75, 3.05) is 4.90 Å². The Kier molecular flexibility index (Phi) is 5.17. The predicted octanol–water partition coefficient (Wildman–Crippen LogP) is 11.0. The summed E-state index contributed by atoms with van der Waals surface area (Å²) >= 11 is 0. The van der Waals surface area contributed by atoms with Crippen LogP contribution in [0, 0.1) is 0 Å². The van der Waals surface area contributed by atoms with Crippen LogP contribution in [0.4, 0.5) is 17.1 Å². The van der Waals surface area contributed by atoms with Crippen LogP contribution < -0.4 is 4.90 Å². The van der Waals surface area contributed by atoms with Crippen molar-refractivity contribution < 1.29 is 4.42 Å². The SMILES string of the molecule is c1ccc(N(c2ccc3ccccc3c2)c2ccccc2-c2cccc3oc4c5ccccc5ccc4c23)cc1. The Morgan fingerprint density at radius 1 is 0.425 bits per heavy atom. The fraction of sp³-hybridized carbons (Fsp3) is 0. The first-order valence-corrected chi connectivity index (χ1v) is 13.6. The Labute approximate surface area is 232 Å². The number of nitrogens with zero attached hydrogens (tertiary/aromatic N) is 1. The summed E-state index contributed by atoms with van der Waals surface area (Å²) < 4.78 is 6.53. The average molecular weight is 512 g/mol. The molecule has 2 nitrogen and oxygen atoms in total. The van der Waals surface area contributed by atoms with Gasteiger partial charge in [0.25, 0.3) is 0 Å². The fourth-order valence-corrected chi connectivity index (χ4v) is 5.99. The molecule has 188 valence electrons. The molecule has 0 aliphatic rings. The molecule has 0 fully saturated rings. The van der Waals surface area contributed by atoms with Gasteiger partial charge in [0.15, 0.2) is 0 Å². The van der Waals surface area contributed by atoms with Crippen LogP contribution in [-0.4, -0.2) is 0 Å². The van der Waals surface area contributed by atoms with Crippen molar-refractivity contribution in [3.8, 4) is 11.1 Å². The van der Waals surface area contributed by atoms with Crippen LogP contribution in [-0.2, 0) is 0 Å². The van der Waals surface area contributed by atoms with Gasteiger partial charge in [0.1, 0.15) is 11.2 Å². The third-order valence-electron chi connectivity index (χ3n) is 7.83. The Balaban J connectivity index is 1.41. The number of benzene rings is 7. The van der Waals surface area contributed by atoms with E-state index >= 15 is 0 Å². The van der Waals surface area contributed by atoms with Crippen molar-refractivity contribution in [3.63, 3.8) is 0 Å². The van der Waals surface area contributed by atoms with E-state index in [9.17, 15) is 0 Å². The maximum atomic E-state index is 6.53. The molecule has 40 heavy (non-hydrogen) atoms. The van der Waals surface area contributed by atoms with E-state index in [-0.39, 0.29) is 0 Å². The molecule has 1 aromatic heterocycles. The second-order valence-corrected chi connectivity index (χ2v) is 10.2. The van der Waals surface area contributed by atoms with Crippen LogP contribution in [0.1, 0.15) is 0 Å². The molecule has 0 radical (unpaired) electrons. The summed E-state index contributed by atoms with van der Waals surface area (Å²) in [6.07, 6.45) is 0. The maximum Gasteiger partial charge on any atom is 0.143 e. The topological polar surface area (TPSA) is 16.4 Å². The Morgan fingerprint density at radius 3 is 2.02 bits per heavy atom. The summed E-state index contributed by atoms with van der Waals surface area (Å²) in [6, 6.07) is 53.7. The van der Waals surface area contributed by atoms with Crippen LogP contribution in [0.5, 0.6) is 0 Å². The quantitative estimate of drug-likeness (QED) is 0.234. The molecule has 7 aromatic carbocycles. The van der Waals surface area contributed by atoms with Crippen molar-refractivity contribution in [2.24, 2.45) is 0 Å². The molecule has 0 atom stereocenters. The second kappa shape index (κ2) is 9.14. The smallest absolute Gasteiger partial charge is 0.143 e. The number of furan rings is 1. The van der Waals surface area contributed by atoms with Crippen LogP contribution in [0.3, 0.4) is 0 Å². The first kappa shape index (κ1) is 22.6. The molecule has 0 aliphatic heterocycles. The van der Waals surface area contributed by atoms with Crippen molar-refractivity contribution in [2.45, 2.75) is 0 Å². The first-order valence-electron chi connectivity index (χ1n) is 13.6. The van der Waals surface area contributed by atoms with Crippen molar-refractivity contribution in [1.29, 1.82) is 0 Å². The highest BCUT2D eigenvalue weighted by Crippen LogP contribution is 2.45. The number of rotatable bonds is 4. The highest BCUT2D eigenvalue weighted by molar-refractivity contribution is 6.19. The van der Waals surface area contributed by atoms with E-state index in [2.05, 4.69) is 157 Å². The largest absolute Gasteiger partial charge is 0.455 e. The van der Waals surface area contributed by atoms with Gasteiger partial charge < -0.3 is 9.32 Å². The van der Waals surface area contributed by atoms with E-state index in [1.165, 1.54) is 16.2 Å². The van der Waals surface area contributed by atoms with E-state index in [1.54, 1.807) is 0 Å². The number of hydrogen-bond acceptors (Lipinski definition) is 2. The minimum absolute atomic E-state index is 0.899. The summed E-state index contributed by atoms with van der Waals surface area (Å²) in [7, 11) is 0. The molecule has 1 heterocycles. The molecule has 0 unspecified atom stereocenters. The Hall–Kier alpha value is -5.34. The lowest BCUT2D eigenvalue weighted by molar-refractivity contribution is 0.673. The van der Waals surface area contributed by atoms with Gasteiger partial charge in [-0.05, 0) is 64.2 Å². The monoisotopic (exact) mass is 511 g/mol. The summed E-state index contributed by atoms with van der Waals surface area (Å²) in [4.78, 5) is 2.36. The van der Waals surface area contributed by atoms with Crippen LogP contribution in [0.25, 0.3) is 54.6 Å². The van der Waals surface area contributed by atoms with Crippen molar-refractivity contribution in [3.05, 3.63) is 152 Å². The maximum absolute atomic E-state index is 6.53. The van der Waals surface area contributed by atoms with Gasteiger partial charge in [-0.15, -0.1) is 0 Å². The van der Waals surface area contributed by atoms with Gasteiger partial charge in [0.05, 0.1) is 5.69 Å². The summed E-state index contributed by atoms with van der Waals surface area (Å²) in [5.41, 5.74) is 7.49. The Morgan fingerprint density at radius 2 is 1.12 bits per heavy atom. The minimum Gasteiger partial charge on any atom is -0.455 e. The molecule has 0 aliphatic carbocycles. The molecule has 0 saturated carbocycles. The lowest BCUT2D eigenvalue weighted by atomic mass is 9.96. The number of hydrogen-bond donors (Lipinski definition) is 0. The third-order valence-corrected chi connectivity index (χ3v) is 7.83. The molecule has 0 amide bonds. The Bertz CT molecular complexity index is 2170. The summed E-state index contributed by atoms with van der Waals surface area (Å²) in [6.45, 7) is 0. The lowest BCUT2D eigenvalue weighted by Crippen LogP contribution is -2.11. The van der Waals surface area contributed by atoms with Crippen LogP contribution in [0.2, 0.25) is 0 Å². The molecule has 0 saturated heterocycles. The van der Waals surface area contributed by atoms with Gasteiger partial charge in [0.2, 0.25) is 0 Å². The molecule has 8 aromatic rings. The van der Waals surface area contributed by atoms with Gasteiger partial charge in [0, 0.05) is 33.1 Å². The highest BCUT2D eigenvalue weighted by Gasteiger charge is 2.20. The van der Waals surface area contributed by atoms with E-state index < -0.39 is 0 Å². The van der Waals surface area contributed by atoms with Crippen LogP contribution >= 0.6 is 0 Å². The van der Waals surface area contributed by atoms with E-state index in [0.29, 0.717) is 0 Å². The standard InChI is InChI=1S/C38H25NO/c1-2-14-29(15-3-1)39(30-23-21-26-11-4-5-13-28(26)25-30)35-19-9-8-17-32(35)33-18-10-20-36-37(33)34-24-22-27-12-6-7-16-31(27)38(34)40-36/h1-25H. The highest BCUT2D eigenvalue weighted by atomic mass is 16.3. The molecule has 0 bridgehead atoms. The van der Waals surface area contributed by atoms with E-state index in [1.807, 2.05) is 0 Å². The molecule has 0 N–H and O–H groups in total. The number of fused-ring (bicyclic) bond motifs is 6. The van der Waals surface area contributed by atoms with E-state index in [0.717, 1.165) is 55.5 Å². The molecule has 8 rings (SSSR count). The number of para-hydroxylation sites is 2. The van der Waals surface area contributed by atoms with Crippen molar-refractivity contribution in [1.82, 2.24) is 0 Å². The molecular weight excluding hydrogens is 486 g/mol. The zero-order valence-electron chi connectivity index (χ0n) is 21.8. The number of anilines is 3. The predicted molar refractivity (Wildman–Crippen MR) is 169 cm³/mol. The summed E-state index contributed by atoms with van der Waals surface area (Å²) in [5.74, 6) is 0. The van der Waals surface area contributed by atoms with Crippen LogP contribution in [0.15, 0.2) is 156 Å². The van der Waals surface area contributed by atoms with Crippen molar-refractivity contribution >= 4 is 60.5 Å². The zero-order chi connectivity index (χ0) is 26.5. The summed E-state index contributed by atoms with van der Waals surface area (Å²) in [5, 5.41) is 7.04. The fourth-order valence-electron chi connectivity index (χ4n) is 5.99. The van der Waals surface area contributed by atoms with Gasteiger partial charge >= 0.3 is 0 Å². The third kappa shape index (κ3) is 3.58. The van der Waals surface area contributed by atoms with Gasteiger partial charge in [-0.1, -0.05) is 109 Å². The molecular formula is C38H25NO. The van der Waals surface area contributed by atoms with Gasteiger partial charge in [-0.25, -0.2) is 0 Å². The molecule has 2 heteroatoms. The van der Waals surface area contributed by atoms with Gasteiger partial charge in [-0.2, -0.15) is 0 Å². The average Bonchev–Trinajstić information content (AvgIpc) is 3.42. The first-order chi connectivity index (χ1) is 19.8. The van der Waals surface area contributed by atoms with Gasteiger partial charge in [-0.3, -0.25) is 0 Å². The minimum atomic E-state index is 0.899.